The Morgan fingerprint density at radius 2 is 2.24 bits per heavy atom. The van der Waals surface area contributed by atoms with Gasteiger partial charge in [0.25, 0.3) is 0 Å². The minimum atomic E-state index is -0.143. The predicted molar refractivity (Wildman–Crippen MR) is 82.3 cm³/mol. The number of imidazole rings is 1. The molecule has 3 N–H and O–H groups in total. The first-order chi connectivity index (χ1) is 10.1. The molecule has 0 aliphatic rings. The van der Waals surface area contributed by atoms with Crippen molar-refractivity contribution in [3.63, 3.8) is 0 Å². The summed E-state index contributed by atoms with van der Waals surface area (Å²) in [7, 11) is 3.54. The van der Waals surface area contributed by atoms with Gasteiger partial charge in [0.2, 0.25) is 11.9 Å². The molecule has 0 aliphatic carbocycles. The van der Waals surface area contributed by atoms with E-state index in [0.717, 1.165) is 17.9 Å². The number of aromatic amines is 1. The molecule has 0 radical (unpaired) electrons. The van der Waals surface area contributed by atoms with Crippen molar-refractivity contribution in [1.82, 2.24) is 25.3 Å². The first-order valence-electron chi connectivity index (χ1n) is 6.94. The average molecular weight is 291 g/mol. The quantitative estimate of drug-likeness (QED) is 0.721. The average Bonchev–Trinajstić information content (AvgIpc) is 2.93. The zero-order valence-corrected chi connectivity index (χ0v) is 12.8. The van der Waals surface area contributed by atoms with Crippen molar-refractivity contribution >= 4 is 28.8 Å². The Morgan fingerprint density at radius 1 is 1.48 bits per heavy atom. The van der Waals surface area contributed by atoms with Crippen LogP contribution < -0.4 is 15.5 Å². The summed E-state index contributed by atoms with van der Waals surface area (Å²) in [6, 6.07) is 0. The molecule has 2 rings (SSSR count). The summed E-state index contributed by atoms with van der Waals surface area (Å²) in [6.07, 6.45) is 1.59. The lowest BCUT2D eigenvalue weighted by molar-refractivity contribution is -0.123. The van der Waals surface area contributed by atoms with E-state index in [1.807, 2.05) is 25.8 Å². The van der Waals surface area contributed by atoms with Crippen LogP contribution in [0.25, 0.3) is 11.2 Å². The highest BCUT2D eigenvalue weighted by atomic mass is 16.1. The largest absolute Gasteiger partial charge is 0.359 e. The van der Waals surface area contributed by atoms with Crippen LogP contribution in [0, 0.1) is 5.92 Å². The van der Waals surface area contributed by atoms with E-state index in [1.54, 1.807) is 13.4 Å². The first kappa shape index (κ1) is 15.0. The third-order valence-electron chi connectivity index (χ3n) is 3.20. The number of carbonyl (C=O) groups is 1. The zero-order valence-electron chi connectivity index (χ0n) is 12.8. The van der Waals surface area contributed by atoms with Gasteiger partial charge in [-0.3, -0.25) is 4.79 Å². The monoisotopic (exact) mass is 291 g/mol. The molecule has 114 valence electrons. The van der Waals surface area contributed by atoms with Gasteiger partial charge in [0, 0.05) is 27.2 Å². The van der Waals surface area contributed by atoms with Gasteiger partial charge in [-0.2, -0.15) is 9.97 Å². The number of fused-ring (bicyclic) bond motifs is 1. The molecule has 0 fully saturated rings. The maximum Gasteiger partial charge on any atom is 0.226 e. The number of nitrogens with one attached hydrogen (secondary N) is 3. The van der Waals surface area contributed by atoms with Crippen LogP contribution in [0.15, 0.2) is 6.33 Å². The fourth-order valence-corrected chi connectivity index (χ4v) is 2.16. The number of aromatic nitrogens is 4. The summed E-state index contributed by atoms with van der Waals surface area (Å²) >= 11 is 0. The Labute approximate surface area is 123 Å². The van der Waals surface area contributed by atoms with Crippen LogP contribution in [0.2, 0.25) is 0 Å². The molecule has 2 aromatic heterocycles. The first-order valence-corrected chi connectivity index (χ1v) is 6.94. The molecule has 8 nitrogen and oxygen atoms in total. The van der Waals surface area contributed by atoms with Gasteiger partial charge in [-0.15, -0.1) is 0 Å². The van der Waals surface area contributed by atoms with Gasteiger partial charge in [-0.25, -0.2) is 4.98 Å². The Balaban J connectivity index is 2.30. The van der Waals surface area contributed by atoms with Crippen molar-refractivity contribution < 1.29 is 4.79 Å². The number of nitrogens with zero attached hydrogens (tertiary/aromatic N) is 4. The molecule has 0 aromatic carbocycles. The van der Waals surface area contributed by atoms with Crippen LogP contribution in [0.5, 0.6) is 0 Å². The molecular formula is C13H21N7O. The van der Waals surface area contributed by atoms with E-state index in [0.29, 0.717) is 18.1 Å². The second-order valence-corrected chi connectivity index (χ2v) is 4.90. The molecule has 0 saturated heterocycles. The lowest BCUT2D eigenvalue weighted by Gasteiger charge is -2.22. The van der Waals surface area contributed by atoms with E-state index in [2.05, 4.69) is 30.6 Å². The van der Waals surface area contributed by atoms with Gasteiger partial charge < -0.3 is 20.5 Å². The molecular weight excluding hydrogens is 270 g/mol. The molecule has 1 amide bonds. The molecule has 0 saturated carbocycles. The minimum Gasteiger partial charge on any atom is -0.359 e. The van der Waals surface area contributed by atoms with E-state index in [9.17, 15) is 4.79 Å². The topological polar surface area (TPSA) is 98.8 Å². The number of hydrogen-bond acceptors (Lipinski definition) is 6. The van der Waals surface area contributed by atoms with Crippen LogP contribution in [0.1, 0.15) is 13.8 Å². The Morgan fingerprint density at radius 3 is 2.90 bits per heavy atom. The molecule has 0 spiro atoms. The number of amides is 1. The fourth-order valence-electron chi connectivity index (χ4n) is 2.16. The highest BCUT2D eigenvalue weighted by Gasteiger charge is 2.18. The molecule has 21 heavy (non-hydrogen) atoms. The highest BCUT2D eigenvalue weighted by molar-refractivity contribution is 5.85. The summed E-state index contributed by atoms with van der Waals surface area (Å²) in [5, 5.41) is 5.74. The third-order valence-corrected chi connectivity index (χ3v) is 3.20. The van der Waals surface area contributed by atoms with Gasteiger partial charge >= 0.3 is 0 Å². The summed E-state index contributed by atoms with van der Waals surface area (Å²) in [5.41, 5.74) is 1.37. The smallest absolute Gasteiger partial charge is 0.226 e. The van der Waals surface area contributed by atoms with Crippen molar-refractivity contribution in [2.24, 2.45) is 5.92 Å². The fraction of sp³-hybridized carbons (Fsp3) is 0.538. The van der Waals surface area contributed by atoms with Gasteiger partial charge in [0.15, 0.2) is 11.5 Å². The molecule has 2 aromatic rings. The zero-order chi connectivity index (χ0) is 15.4. The molecule has 0 bridgehead atoms. The Kier molecular flexibility index (Phi) is 4.56. The lowest BCUT2D eigenvalue weighted by Crippen LogP contribution is -2.34. The number of H-pyrrole nitrogens is 1. The second-order valence-electron chi connectivity index (χ2n) is 4.90. The minimum absolute atomic E-state index is 0.00340. The van der Waals surface area contributed by atoms with Gasteiger partial charge in [0.05, 0.1) is 12.2 Å². The molecule has 1 atom stereocenters. The molecule has 2 heterocycles. The third kappa shape index (κ3) is 3.21. The maximum absolute atomic E-state index is 11.7. The lowest BCUT2D eigenvalue weighted by atomic mass is 10.1. The van der Waals surface area contributed by atoms with Gasteiger partial charge in [0.1, 0.15) is 5.52 Å². The molecule has 8 heteroatoms. The van der Waals surface area contributed by atoms with Crippen molar-refractivity contribution in [2.45, 2.75) is 13.8 Å². The van der Waals surface area contributed by atoms with Crippen molar-refractivity contribution in [2.75, 3.05) is 37.4 Å². The van der Waals surface area contributed by atoms with Crippen molar-refractivity contribution in [1.29, 1.82) is 0 Å². The van der Waals surface area contributed by atoms with Crippen LogP contribution in [-0.2, 0) is 4.79 Å². The summed E-state index contributed by atoms with van der Waals surface area (Å²) in [4.78, 5) is 29.7. The summed E-state index contributed by atoms with van der Waals surface area (Å²) < 4.78 is 0. The molecule has 1 unspecified atom stereocenters. The van der Waals surface area contributed by atoms with E-state index in [1.165, 1.54) is 0 Å². The van der Waals surface area contributed by atoms with E-state index in [4.69, 9.17) is 0 Å². The Hall–Kier alpha value is -2.38. The number of anilines is 2. The van der Waals surface area contributed by atoms with Crippen LogP contribution in [0.3, 0.4) is 0 Å². The normalized spacial score (nSPS) is 12.2. The van der Waals surface area contributed by atoms with Gasteiger partial charge in [-0.1, -0.05) is 6.92 Å². The molecule has 0 aliphatic heterocycles. The Bertz CT molecular complexity index is 624. The second kappa shape index (κ2) is 6.38. The number of hydrogen-bond donors (Lipinski definition) is 3. The highest BCUT2D eigenvalue weighted by Crippen LogP contribution is 2.22. The van der Waals surface area contributed by atoms with Crippen LogP contribution >= 0.6 is 0 Å². The van der Waals surface area contributed by atoms with Crippen molar-refractivity contribution in [3.05, 3.63) is 6.33 Å². The van der Waals surface area contributed by atoms with Gasteiger partial charge in [-0.05, 0) is 6.92 Å². The van der Waals surface area contributed by atoms with Crippen LogP contribution in [0.4, 0.5) is 11.8 Å². The van der Waals surface area contributed by atoms with E-state index < -0.39 is 0 Å². The number of rotatable bonds is 6. The SMILES string of the molecule is CCNc1nc(N(C)CC(C)C(=O)NC)c2[nH]cnc2n1. The van der Waals surface area contributed by atoms with E-state index in [-0.39, 0.29) is 11.8 Å². The van der Waals surface area contributed by atoms with Crippen LogP contribution in [-0.4, -0.2) is 53.0 Å². The maximum atomic E-state index is 11.7. The summed E-state index contributed by atoms with van der Waals surface area (Å²) in [6.45, 7) is 5.14. The predicted octanol–water partition coefficient (Wildman–Crippen LogP) is 0.603. The standard InChI is InChI=1S/C13H21N7O/c1-5-15-13-18-10-9(16-7-17-10)11(19-13)20(4)6-8(2)12(21)14-3/h7-8H,5-6H2,1-4H3,(H,14,21)(H2,15,16,17,18,19). The number of carbonyl (C=O) groups excluding carboxylic acids is 1. The van der Waals surface area contributed by atoms with E-state index >= 15 is 0 Å². The summed E-state index contributed by atoms with van der Waals surface area (Å²) in [5.74, 6) is 1.12. The van der Waals surface area contributed by atoms with Crippen molar-refractivity contribution in [3.8, 4) is 0 Å².